The number of hydrogen-bond donors (Lipinski definition) is 1. The molecular weight excluding hydrogens is 160 g/mol. The highest BCUT2D eigenvalue weighted by Crippen LogP contribution is 2.07. The third kappa shape index (κ3) is 3.16. The van der Waals surface area contributed by atoms with E-state index in [0.29, 0.717) is 0 Å². The Balaban J connectivity index is 2.40. The number of anilines is 1. The Morgan fingerprint density at radius 3 is 2.62 bits per heavy atom. The highest BCUT2D eigenvalue weighted by molar-refractivity contribution is 5.42. The minimum absolute atomic E-state index is 0.111. The topological polar surface area (TPSA) is 35.8 Å². The van der Waals surface area contributed by atoms with E-state index in [-0.39, 0.29) is 5.92 Å². The molecule has 0 spiro atoms. The van der Waals surface area contributed by atoms with Crippen LogP contribution in [0.2, 0.25) is 0 Å². The van der Waals surface area contributed by atoms with Gasteiger partial charge in [-0.2, -0.15) is 5.26 Å². The molecule has 0 saturated heterocycles. The normalized spacial score (nSPS) is 11.7. The summed E-state index contributed by atoms with van der Waals surface area (Å²) in [6.07, 6.45) is 0.899. The van der Waals surface area contributed by atoms with Gasteiger partial charge in [0.2, 0.25) is 0 Å². The maximum absolute atomic E-state index is 8.71. The average Bonchev–Trinajstić information content (AvgIpc) is 2.21. The molecule has 0 bridgehead atoms. The zero-order valence-corrected chi connectivity index (χ0v) is 7.83. The summed E-state index contributed by atoms with van der Waals surface area (Å²) in [5.41, 5.74) is 1.08. The first-order valence-corrected chi connectivity index (χ1v) is 4.55. The molecule has 1 aromatic carbocycles. The number of rotatable bonds is 4. The smallest absolute Gasteiger partial charge is 0.0674 e. The summed E-state index contributed by atoms with van der Waals surface area (Å²) >= 11 is 0. The largest absolute Gasteiger partial charge is 0.384 e. The predicted molar refractivity (Wildman–Crippen MR) is 54.3 cm³/mol. The van der Waals surface area contributed by atoms with E-state index in [2.05, 4.69) is 11.4 Å². The van der Waals surface area contributed by atoms with E-state index in [1.807, 2.05) is 37.3 Å². The molecule has 0 saturated carbocycles. The van der Waals surface area contributed by atoms with Crippen molar-refractivity contribution in [1.29, 1.82) is 5.26 Å². The fourth-order valence-electron chi connectivity index (χ4n) is 1.08. The summed E-state index contributed by atoms with van der Waals surface area (Å²) in [7, 11) is 0. The number of benzene rings is 1. The van der Waals surface area contributed by atoms with E-state index < -0.39 is 0 Å². The number of nitriles is 1. The fourth-order valence-corrected chi connectivity index (χ4v) is 1.08. The van der Waals surface area contributed by atoms with Crippen LogP contribution in [0.3, 0.4) is 0 Å². The Morgan fingerprint density at radius 1 is 1.38 bits per heavy atom. The predicted octanol–water partition coefficient (Wildman–Crippen LogP) is 2.65. The zero-order chi connectivity index (χ0) is 9.52. The van der Waals surface area contributed by atoms with Crippen LogP contribution >= 0.6 is 0 Å². The fraction of sp³-hybridized carbons (Fsp3) is 0.364. The van der Waals surface area contributed by atoms with Gasteiger partial charge in [-0.3, -0.25) is 0 Å². The van der Waals surface area contributed by atoms with E-state index in [4.69, 9.17) is 5.26 Å². The maximum atomic E-state index is 8.71. The first kappa shape index (κ1) is 9.60. The molecule has 2 nitrogen and oxygen atoms in total. The highest BCUT2D eigenvalue weighted by Gasteiger charge is 2.02. The van der Waals surface area contributed by atoms with Crippen molar-refractivity contribution in [1.82, 2.24) is 0 Å². The lowest BCUT2D eigenvalue weighted by Gasteiger charge is -2.08. The second-order valence-corrected chi connectivity index (χ2v) is 2.98. The lowest BCUT2D eigenvalue weighted by Crippen LogP contribution is -2.11. The number of nitrogens with zero attached hydrogens (tertiary/aromatic N) is 1. The van der Waals surface area contributed by atoms with Gasteiger partial charge in [-0.25, -0.2) is 0 Å². The standard InChI is InChI=1S/C11H14N2/c1-2-10(8-12)9-13-11-6-4-3-5-7-11/h3-7,10,13H,2,9H2,1H3. The van der Waals surface area contributed by atoms with Gasteiger partial charge >= 0.3 is 0 Å². The van der Waals surface area contributed by atoms with Crippen LogP contribution in [0.4, 0.5) is 5.69 Å². The molecule has 0 fully saturated rings. The van der Waals surface area contributed by atoms with Crippen LogP contribution in [-0.2, 0) is 0 Å². The van der Waals surface area contributed by atoms with Crippen LogP contribution in [0.5, 0.6) is 0 Å². The molecule has 1 unspecified atom stereocenters. The van der Waals surface area contributed by atoms with Crippen molar-refractivity contribution in [3.63, 3.8) is 0 Å². The van der Waals surface area contributed by atoms with Gasteiger partial charge in [-0.1, -0.05) is 25.1 Å². The molecule has 1 aromatic rings. The number of nitrogens with one attached hydrogen (secondary N) is 1. The van der Waals surface area contributed by atoms with E-state index >= 15 is 0 Å². The second kappa shape index (κ2) is 5.21. The first-order valence-electron chi connectivity index (χ1n) is 4.55. The quantitative estimate of drug-likeness (QED) is 0.761. The average molecular weight is 174 g/mol. The molecule has 0 amide bonds. The lowest BCUT2D eigenvalue weighted by molar-refractivity contribution is 0.674. The first-order chi connectivity index (χ1) is 6.36. The summed E-state index contributed by atoms with van der Waals surface area (Å²) in [5, 5.41) is 11.9. The van der Waals surface area contributed by atoms with Gasteiger partial charge in [0.1, 0.15) is 0 Å². The molecule has 0 heterocycles. The Hall–Kier alpha value is -1.49. The van der Waals surface area contributed by atoms with E-state index in [9.17, 15) is 0 Å². The van der Waals surface area contributed by atoms with Gasteiger partial charge in [0.25, 0.3) is 0 Å². The lowest BCUT2D eigenvalue weighted by atomic mass is 10.1. The van der Waals surface area contributed by atoms with Crippen LogP contribution in [0.25, 0.3) is 0 Å². The molecule has 13 heavy (non-hydrogen) atoms. The van der Waals surface area contributed by atoms with Crippen LogP contribution in [0, 0.1) is 17.2 Å². The van der Waals surface area contributed by atoms with Gasteiger partial charge in [-0.05, 0) is 18.6 Å². The van der Waals surface area contributed by atoms with Crippen LogP contribution in [0.15, 0.2) is 30.3 Å². The molecule has 68 valence electrons. The van der Waals surface area contributed by atoms with Crippen LogP contribution in [-0.4, -0.2) is 6.54 Å². The van der Waals surface area contributed by atoms with E-state index in [1.165, 1.54) is 0 Å². The summed E-state index contributed by atoms with van der Waals surface area (Å²) in [6, 6.07) is 12.2. The minimum Gasteiger partial charge on any atom is -0.384 e. The molecule has 0 radical (unpaired) electrons. The third-order valence-electron chi connectivity index (χ3n) is 2.00. The molecule has 1 N–H and O–H groups in total. The van der Waals surface area contributed by atoms with E-state index in [0.717, 1.165) is 18.7 Å². The van der Waals surface area contributed by atoms with Gasteiger partial charge < -0.3 is 5.32 Å². The van der Waals surface area contributed by atoms with Crippen LogP contribution in [0.1, 0.15) is 13.3 Å². The molecule has 2 heteroatoms. The number of hydrogen-bond acceptors (Lipinski definition) is 2. The molecular formula is C11H14N2. The second-order valence-electron chi connectivity index (χ2n) is 2.98. The third-order valence-corrected chi connectivity index (χ3v) is 2.00. The van der Waals surface area contributed by atoms with Crippen LogP contribution < -0.4 is 5.32 Å². The van der Waals surface area contributed by atoms with Crippen molar-refractivity contribution in [2.45, 2.75) is 13.3 Å². The summed E-state index contributed by atoms with van der Waals surface area (Å²) < 4.78 is 0. The van der Waals surface area contributed by atoms with Gasteiger partial charge in [0.15, 0.2) is 0 Å². The summed E-state index contributed by atoms with van der Waals surface area (Å²) in [4.78, 5) is 0. The Morgan fingerprint density at radius 2 is 2.08 bits per heavy atom. The Kier molecular flexibility index (Phi) is 3.84. The SMILES string of the molecule is CCC(C#N)CNc1ccccc1. The zero-order valence-electron chi connectivity index (χ0n) is 7.83. The Bertz CT molecular complexity index is 274. The van der Waals surface area contributed by atoms with Crippen molar-refractivity contribution in [3.8, 4) is 6.07 Å². The summed E-state index contributed by atoms with van der Waals surface area (Å²) in [5.74, 6) is 0.111. The summed E-state index contributed by atoms with van der Waals surface area (Å²) in [6.45, 7) is 2.76. The minimum atomic E-state index is 0.111. The molecule has 0 aliphatic rings. The molecule has 0 aliphatic heterocycles. The van der Waals surface area contributed by atoms with Crippen molar-refractivity contribution in [2.24, 2.45) is 5.92 Å². The molecule has 1 atom stereocenters. The van der Waals surface area contributed by atoms with Gasteiger partial charge in [-0.15, -0.1) is 0 Å². The van der Waals surface area contributed by atoms with Crippen molar-refractivity contribution < 1.29 is 0 Å². The van der Waals surface area contributed by atoms with Crippen molar-refractivity contribution >= 4 is 5.69 Å². The number of para-hydroxylation sites is 1. The van der Waals surface area contributed by atoms with E-state index in [1.54, 1.807) is 0 Å². The molecule has 0 aliphatic carbocycles. The Labute approximate surface area is 79.2 Å². The maximum Gasteiger partial charge on any atom is 0.0674 e. The van der Waals surface area contributed by atoms with Crippen molar-refractivity contribution in [2.75, 3.05) is 11.9 Å². The highest BCUT2D eigenvalue weighted by atomic mass is 14.9. The molecule has 0 aromatic heterocycles. The van der Waals surface area contributed by atoms with Gasteiger partial charge in [0.05, 0.1) is 12.0 Å². The van der Waals surface area contributed by atoms with Crippen molar-refractivity contribution in [3.05, 3.63) is 30.3 Å². The molecule has 1 rings (SSSR count). The van der Waals surface area contributed by atoms with Gasteiger partial charge in [0, 0.05) is 12.2 Å². The monoisotopic (exact) mass is 174 g/mol.